The largest absolute Gasteiger partial charge is 0.512 e. The molecule has 5 aromatic rings. The molecule has 0 radical (unpaired) electrons. The number of amides is 1. The van der Waals surface area contributed by atoms with Crippen LogP contribution in [0.15, 0.2) is 85.5 Å². The molecule has 6 rings (SSSR count). The van der Waals surface area contributed by atoms with E-state index in [1.54, 1.807) is 55.0 Å². The van der Waals surface area contributed by atoms with Crippen LogP contribution in [0.3, 0.4) is 0 Å². The molecule has 1 aliphatic heterocycles. The van der Waals surface area contributed by atoms with Crippen molar-refractivity contribution >= 4 is 40.6 Å². The van der Waals surface area contributed by atoms with Crippen molar-refractivity contribution in [2.75, 3.05) is 21.2 Å². The zero-order valence-corrected chi connectivity index (χ0v) is 24.5. The zero-order valence-electron chi connectivity index (χ0n) is 23.7. The smallest absolute Gasteiger partial charge is 0.437 e. The molecule has 11 heteroatoms. The van der Waals surface area contributed by atoms with E-state index < -0.39 is 6.16 Å². The molecular weight excluding hydrogens is 571 g/mol. The maximum Gasteiger partial charge on any atom is 0.512 e. The number of rotatable bonds is 6. The van der Waals surface area contributed by atoms with Crippen molar-refractivity contribution < 1.29 is 32.8 Å². The summed E-state index contributed by atoms with van der Waals surface area (Å²) in [6.07, 6.45) is 6.45. The Bertz CT molecular complexity index is 1880. The lowest BCUT2D eigenvalue weighted by Gasteiger charge is -2.12. The number of carbonyl (C=O) groups is 3. The molecule has 0 aliphatic carbocycles. The molecule has 43 heavy (non-hydrogen) atoms. The Morgan fingerprint density at radius 1 is 1.05 bits per heavy atom. The van der Waals surface area contributed by atoms with Gasteiger partial charge in [-0.25, -0.2) is 14.0 Å². The van der Waals surface area contributed by atoms with Crippen molar-refractivity contribution in [3.63, 3.8) is 0 Å². The molecule has 3 aromatic heterocycles. The highest BCUT2D eigenvalue weighted by Crippen LogP contribution is 2.42. The van der Waals surface area contributed by atoms with Gasteiger partial charge in [0.2, 0.25) is 0 Å². The van der Waals surface area contributed by atoms with Crippen molar-refractivity contribution in [1.29, 1.82) is 0 Å². The molecule has 0 N–H and O–H groups in total. The monoisotopic (exact) mass is 599 g/mol. The number of ether oxygens (including phenoxy) is 2. The second-order valence-corrected chi connectivity index (χ2v) is 11.4. The maximum atomic E-state index is 14.1. The Hall–Kier alpha value is -4.90. The maximum absolute atomic E-state index is 14.1. The minimum absolute atomic E-state index is 0.0127. The van der Waals surface area contributed by atoms with E-state index in [9.17, 15) is 18.8 Å². The van der Waals surface area contributed by atoms with Crippen LogP contribution >= 0.6 is 11.8 Å². The second-order valence-electron chi connectivity index (χ2n) is 10.3. The quantitative estimate of drug-likeness (QED) is 0.139. The number of methoxy groups -OCH3 is 1. The molecule has 1 atom stereocenters. The summed E-state index contributed by atoms with van der Waals surface area (Å²) in [4.78, 5) is 40.1. The highest BCUT2D eigenvalue weighted by Gasteiger charge is 2.31. The van der Waals surface area contributed by atoms with Gasteiger partial charge in [0.05, 0.1) is 12.6 Å². The minimum atomic E-state index is -0.760. The number of fused-ring (bicyclic) bond motifs is 2. The Balaban J connectivity index is 1.35. The van der Waals surface area contributed by atoms with E-state index in [1.165, 1.54) is 28.7 Å². The number of carbonyl (C=O) groups excluding carboxylic acids is 3. The number of hydrogen-bond donors (Lipinski definition) is 0. The summed E-state index contributed by atoms with van der Waals surface area (Å²) in [5, 5.41) is 0.583. The molecule has 0 spiro atoms. The van der Waals surface area contributed by atoms with Crippen molar-refractivity contribution in [1.82, 2.24) is 14.0 Å². The molecule has 0 fully saturated rings. The summed E-state index contributed by atoms with van der Waals surface area (Å²) >= 11 is 1.69. The summed E-state index contributed by atoms with van der Waals surface area (Å²) in [6.45, 7) is 0.0127. The van der Waals surface area contributed by atoms with Crippen molar-refractivity contribution in [2.24, 2.45) is 0 Å². The van der Waals surface area contributed by atoms with Crippen LogP contribution in [-0.4, -0.2) is 53.2 Å². The lowest BCUT2D eigenvalue weighted by molar-refractivity contribution is -0.728. The molecule has 4 heterocycles. The Morgan fingerprint density at radius 3 is 2.56 bits per heavy atom. The van der Waals surface area contributed by atoms with Gasteiger partial charge >= 0.3 is 12.2 Å². The average Bonchev–Trinajstić information content (AvgIpc) is 3.73. The number of aromatic nitrogens is 3. The summed E-state index contributed by atoms with van der Waals surface area (Å²) in [6, 6.07) is 17.1. The second kappa shape index (κ2) is 11.4. The van der Waals surface area contributed by atoms with Gasteiger partial charge in [0.25, 0.3) is 6.73 Å². The Morgan fingerprint density at radius 2 is 1.81 bits per heavy atom. The normalized spacial score (nSPS) is 14.0. The fourth-order valence-electron chi connectivity index (χ4n) is 5.26. The van der Waals surface area contributed by atoms with Gasteiger partial charge < -0.3 is 18.9 Å². The molecule has 0 saturated heterocycles. The van der Waals surface area contributed by atoms with E-state index in [-0.39, 0.29) is 29.7 Å². The summed E-state index contributed by atoms with van der Waals surface area (Å²) < 4.78 is 28.4. The van der Waals surface area contributed by atoms with E-state index in [0.29, 0.717) is 27.8 Å². The SMILES string of the molecule is COC(=O)OC[n+]1cccc([C@H]2SCc3c(C(=O)c4cn(C(=O)N(C)C)c5cc(-c6ccc(F)cc6)ccc45)ccn32)c1. The van der Waals surface area contributed by atoms with Crippen LogP contribution in [0.25, 0.3) is 22.0 Å². The van der Waals surface area contributed by atoms with Gasteiger partial charge in [0, 0.05) is 66.1 Å². The third-order valence-corrected chi connectivity index (χ3v) is 8.64. The first-order chi connectivity index (χ1) is 20.7. The van der Waals surface area contributed by atoms with Gasteiger partial charge in [-0.1, -0.05) is 24.3 Å². The topological polar surface area (TPSA) is 86.7 Å². The number of nitrogens with zero attached hydrogens (tertiary/aromatic N) is 4. The average molecular weight is 600 g/mol. The third-order valence-electron chi connectivity index (χ3n) is 7.38. The minimum Gasteiger partial charge on any atom is -0.437 e. The van der Waals surface area contributed by atoms with Crippen LogP contribution in [-0.2, 0) is 22.0 Å². The zero-order chi connectivity index (χ0) is 30.2. The van der Waals surface area contributed by atoms with Crippen LogP contribution in [0.5, 0.6) is 0 Å². The van der Waals surface area contributed by atoms with Crippen molar-refractivity contribution in [3.05, 3.63) is 114 Å². The van der Waals surface area contributed by atoms with E-state index in [0.717, 1.165) is 22.4 Å². The van der Waals surface area contributed by atoms with Crippen molar-refractivity contribution in [2.45, 2.75) is 17.9 Å². The van der Waals surface area contributed by atoms with Crippen LogP contribution in [0, 0.1) is 5.82 Å². The molecule has 0 bridgehead atoms. The molecule has 1 amide bonds. The fraction of sp³-hybridized carbons (Fsp3) is 0.188. The number of hydrogen-bond acceptors (Lipinski definition) is 6. The van der Waals surface area contributed by atoms with E-state index in [1.807, 2.05) is 48.8 Å². The van der Waals surface area contributed by atoms with Crippen LogP contribution in [0.4, 0.5) is 14.0 Å². The molecule has 1 aliphatic rings. The predicted octanol–water partition coefficient (Wildman–Crippen LogP) is 5.83. The van der Waals surface area contributed by atoms with Gasteiger partial charge in [-0.15, -0.1) is 11.8 Å². The number of pyridine rings is 1. The summed E-state index contributed by atoms with van der Waals surface area (Å²) in [5.74, 6) is 0.119. The molecular formula is C32H28FN4O5S+. The number of ketones is 1. The Labute approximate surface area is 251 Å². The molecule has 0 saturated carbocycles. The molecule has 218 valence electrons. The van der Waals surface area contributed by atoms with Crippen molar-refractivity contribution in [3.8, 4) is 11.1 Å². The standard InChI is InChI=1S/C32H28FN4O5S/c1-34(2)31(39)37-17-26(24-11-8-21(15-27(24)37)20-6-9-23(33)10-7-20)29(38)25-12-14-36-28(25)18-43-30(36)22-5-4-13-35(16-22)19-42-32(40)41-3/h4-17,30H,18-19H2,1-3H3/q+1/t30-/m1/s1. The van der Waals surface area contributed by atoms with Gasteiger partial charge in [-0.2, -0.15) is 4.57 Å². The van der Waals surface area contributed by atoms with Crippen LogP contribution in [0.2, 0.25) is 0 Å². The lowest BCUT2D eigenvalue weighted by Crippen LogP contribution is -2.36. The summed E-state index contributed by atoms with van der Waals surface area (Å²) in [5.41, 5.74) is 5.07. The van der Waals surface area contributed by atoms with Gasteiger partial charge in [0.1, 0.15) is 11.2 Å². The highest BCUT2D eigenvalue weighted by molar-refractivity contribution is 7.99. The molecule has 2 aromatic carbocycles. The van der Waals surface area contributed by atoms with E-state index in [2.05, 4.69) is 9.30 Å². The first kappa shape index (κ1) is 28.2. The van der Waals surface area contributed by atoms with Gasteiger partial charge in [-0.3, -0.25) is 9.36 Å². The third kappa shape index (κ3) is 5.27. The highest BCUT2D eigenvalue weighted by atomic mass is 32.2. The number of halogens is 1. The lowest BCUT2D eigenvalue weighted by atomic mass is 10.00. The van der Waals surface area contributed by atoms with Gasteiger partial charge in [0.15, 0.2) is 18.2 Å². The van der Waals surface area contributed by atoms with Crippen LogP contribution in [0.1, 0.15) is 32.6 Å². The van der Waals surface area contributed by atoms with E-state index in [4.69, 9.17) is 4.74 Å². The number of thioether (sulfide) groups is 1. The predicted molar refractivity (Wildman–Crippen MR) is 159 cm³/mol. The molecule has 0 unspecified atom stereocenters. The number of benzene rings is 2. The first-order valence-corrected chi connectivity index (χ1v) is 14.5. The van der Waals surface area contributed by atoms with Crippen LogP contribution < -0.4 is 4.57 Å². The molecule has 9 nitrogen and oxygen atoms in total. The summed E-state index contributed by atoms with van der Waals surface area (Å²) in [7, 11) is 4.58. The first-order valence-electron chi connectivity index (χ1n) is 13.4. The Kier molecular flexibility index (Phi) is 7.49. The van der Waals surface area contributed by atoms with Gasteiger partial charge in [-0.05, 0) is 41.5 Å². The van der Waals surface area contributed by atoms with E-state index >= 15 is 0 Å². The fourth-order valence-corrected chi connectivity index (χ4v) is 6.57.